The predicted molar refractivity (Wildman–Crippen MR) is 103 cm³/mol. The molecule has 11 heteroatoms. The fourth-order valence-electron chi connectivity index (χ4n) is 3.16. The van der Waals surface area contributed by atoms with Crippen molar-refractivity contribution in [2.24, 2.45) is 17.4 Å². The Bertz CT molecular complexity index is 638. The summed E-state index contributed by atoms with van der Waals surface area (Å²) in [6.07, 6.45) is 1.11. The molecular weight excluding hydrogens is 382 g/mol. The Labute approximate surface area is 169 Å². The van der Waals surface area contributed by atoms with Gasteiger partial charge in [-0.2, -0.15) is 0 Å². The number of amides is 4. The van der Waals surface area contributed by atoms with E-state index >= 15 is 0 Å². The van der Waals surface area contributed by atoms with Gasteiger partial charge in [0.15, 0.2) is 0 Å². The summed E-state index contributed by atoms with van der Waals surface area (Å²) >= 11 is 0. The average Bonchev–Trinajstić information content (AvgIpc) is 3.11. The van der Waals surface area contributed by atoms with Crippen LogP contribution in [0, 0.1) is 5.92 Å². The van der Waals surface area contributed by atoms with E-state index in [0.29, 0.717) is 25.8 Å². The molecule has 0 saturated carbocycles. The molecule has 4 amide bonds. The van der Waals surface area contributed by atoms with Crippen LogP contribution in [0.25, 0.3) is 0 Å². The molecule has 0 radical (unpaired) electrons. The highest BCUT2D eigenvalue weighted by atomic mass is 16.4. The van der Waals surface area contributed by atoms with Gasteiger partial charge in [0.05, 0.1) is 12.6 Å². The second-order valence-corrected chi connectivity index (χ2v) is 7.60. The number of primary amides is 1. The lowest BCUT2D eigenvalue weighted by atomic mass is 10.0. The predicted octanol–water partition coefficient (Wildman–Crippen LogP) is -1.70. The molecule has 1 fully saturated rings. The van der Waals surface area contributed by atoms with Crippen LogP contribution in [0.1, 0.15) is 46.0 Å². The summed E-state index contributed by atoms with van der Waals surface area (Å²) in [5, 5.41) is 14.0. The normalized spacial score (nSPS) is 18.2. The van der Waals surface area contributed by atoms with Gasteiger partial charge in [0.2, 0.25) is 23.6 Å². The number of carboxylic acid groups (broad SMARTS) is 1. The molecule has 0 aromatic rings. The molecule has 29 heavy (non-hydrogen) atoms. The maximum absolute atomic E-state index is 12.5. The zero-order valence-electron chi connectivity index (χ0n) is 16.8. The first-order chi connectivity index (χ1) is 13.5. The van der Waals surface area contributed by atoms with Crippen molar-refractivity contribution in [3.8, 4) is 0 Å². The first kappa shape index (κ1) is 24.3. The lowest BCUT2D eigenvalue weighted by Gasteiger charge is -2.26. The van der Waals surface area contributed by atoms with E-state index in [1.807, 2.05) is 13.8 Å². The van der Waals surface area contributed by atoms with E-state index in [0.717, 1.165) is 0 Å². The van der Waals surface area contributed by atoms with E-state index in [2.05, 4.69) is 10.6 Å². The van der Waals surface area contributed by atoms with Crippen LogP contribution in [0.4, 0.5) is 0 Å². The monoisotopic (exact) mass is 413 g/mol. The van der Waals surface area contributed by atoms with Crippen molar-refractivity contribution < 1.29 is 29.1 Å². The first-order valence-corrected chi connectivity index (χ1v) is 9.67. The van der Waals surface area contributed by atoms with E-state index in [9.17, 15) is 29.1 Å². The highest BCUT2D eigenvalue weighted by Crippen LogP contribution is 2.18. The van der Waals surface area contributed by atoms with Gasteiger partial charge < -0.3 is 32.1 Å². The quantitative estimate of drug-likeness (QED) is 0.267. The van der Waals surface area contributed by atoms with Crippen LogP contribution in [0.5, 0.6) is 0 Å². The Hall–Kier alpha value is -2.69. The molecule has 0 spiro atoms. The van der Waals surface area contributed by atoms with E-state index < -0.39 is 47.7 Å². The van der Waals surface area contributed by atoms with Gasteiger partial charge in [-0.15, -0.1) is 0 Å². The number of nitrogens with zero attached hydrogens (tertiary/aromatic N) is 1. The van der Waals surface area contributed by atoms with Gasteiger partial charge >= 0.3 is 5.97 Å². The van der Waals surface area contributed by atoms with Crippen molar-refractivity contribution in [2.75, 3.05) is 13.1 Å². The zero-order valence-corrected chi connectivity index (χ0v) is 16.8. The maximum Gasteiger partial charge on any atom is 0.326 e. The molecule has 1 saturated heterocycles. The minimum atomic E-state index is -1.29. The summed E-state index contributed by atoms with van der Waals surface area (Å²) in [5.74, 6) is -3.23. The van der Waals surface area contributed by atoms with E-state index in [1.54, 1.807) is 0 Å². The summed E-state index contributed by atoms with van der Waals surface area (Å²) in [4.78, 5) is 60.4. The number of rotatable bonds is 11. The largest absolute Gasteiger partial charge is 0.480 e. The Morgan fingerprint density at radius 2 is 1.86 bits per heavy atom. The lowest BCUT2D eigenvalue weighted by Crippen LogP contribution is -2.53. The van der Waals surface area contributed by atoms with Crippen LogP contribution < -0.4 is 22.1 Å². The number of aliphatic carboxylic acids is 1. The van der Waals surface area contributed by atoms with Crippen molar-refractivity contribution in [1.82, 2.24) is 15.5 Å². The third-order valence-electron chi connectivity index (χ3n) is 4.65. The number of hydrogen-bond acceptors (Lipinski definition) is 6. The van der Waals surface area contributed by atoms with Crippen molar-refractivity contribution >= 4 is 29.6 Å². The molecule has 11 nitrogen and oxygen atoms in total. The van der Waals surface area contributed by atoms with Gasteiger partial charge in [-0.1, -0.05) is 13.8 Å². The van der Waals surface area contributed by atoms with Gasteiger partial charge in [-0.25, -0.2) is 4.79 Å². The molecule has 1 heterocycles. The molecular formula is C18H31N5O6. The van der Waals surface area contributed by atoms with Crippen LogP contribution in [0.3, 0.4) is 0 Å². The van der Waals surface area contributed by atoms with Crippen molar-refractivity contribution in [2.45, 2.75) is 64.1 Å². The van der Waals surface area contributed by atoms with Crippen LogP contribution >= 0.6 is 0 Å². The smallest absolute Gasteiger partial charge is 0.326 e. The van der Waals surface area contributed by atoms with Gasteiger partial charge in [0, 0.05) is 13.0 Å². The molecule has 7 N–H and O–H groups in total. The van der Waals surface area contributed by atoms with Crippen LogP contribution in [-0.2, 0) is 24.0 Å². The molecule has 1 rings (SSSR count). The summed E-state index contributed by atoms with van der Waals surface area (Å²) < 4.78 is 0. The number of carboxylic acids is 1. The third-order valence-corrected chi connectivity index (χ3v) is 4.65. The molecule has 3 unspecified atom stereocenters. The molecule has 0 aliphatic carbocycles. The van der Waals surface area contributed by atoms with Gasteiger partial charge in [-0.05, 0) is 31.6 Å². The second kappa shape index (κ2) is 11.3. The van der Waals surface area contributed by atoms with Crippen molar-refractivity contribution in [1.29, 1.82) is 0 Å². The molecule has 1 aliphatic heterocycles. The number of carbonyl (C=O) groups excluding carboxylic acids is 4. The molecule has 1 aliphatic rings. The third kappa shape index (κ3) is 8.06. The fourth-order valence-corrected chi connectivity index (χ4v) is 3.16. The average molecular weight is 413 g/mol. The molecule has 3 atom stereocenters. The molecule has 0 bridgehead atoms. The van der Waals surface area contributed by atoms with Gasteiger partial charge in [0.1, 0.15) is 12.1 Å². The molecule has 0 aromatic heterocycles. The number of nitrogens with one attached hydrogen (secondary N) is 2. The number of likely N-dealkylation sites (tertiary alicyclic amines) is 1. The van der Waals surface area contributed by atoms with Crippen molar-refractivity contribution in [3.05, 3.63) is 0 Å². The summed E-state index contributed by atoms with van der Waals surface area (Å²) in [7, 11) is 0. The van der Waals surface area contributed by atoms with Crippen molar-refractivity contribution in [3.63, 3.8) is 0 Å². The summed E-state index contributed by atoms with van der Waals surface area (Å²) in [6.45, 7) is 3.89. The minimum absolute atomic E-state index is 0.138. The Kier molecular flexibility index (Phi) is 9.53. The minimum Gasteiger partial charge on any atom is -0.480 e. The standard InChI is InChI=1S/C18H31N5O6/c1-10(2)8-11(19)16(26)21-9-15(25)23-7-3-4-13(23)17(27)22-12(18(28)29)5-6-14(20)24/h10-13H,3-9,19H2,1-2H3,(H2,20,24)(H,21,26)(H,22,27)(H,28,29). The molecule has 164 valence electrons. The topological polar surface area (TPSA) is 185 Å². The zero-order chi connectivity index (χ0) is 22.1. The maximum atomic E-state index is 12.5. The van der Waals surface area contributed by atoms with Crippen LogP contribution in [0.15, 0.2) is 0 Å². The van der Waals surface area contributed by atoms with Gasteiger partial charge in [0.25, 0.3) is 0 Å². The fraction of sp³-hybridized carbons (Fsp3) is 0.722. The Morgan fingerprint density at radius 1 is 1.21 bits per heavy atom. The Morgan fingerprint density at radius 3 is 2.41 bits per heavy atom. The molecule has 0 aromatic carbocycles. The number of carbonyl (C=O) groups is 5. The second-order valence-electron chi connectivity index (χ2n) is 7.60. The first-order valence-electron chi connectivity index (χ1n) is 9.67. The van der Waals surface area contributed by atoms with E-state index in [1.165, 1.54) is 4.90 Å². The Balaban J connectivity index is 2.63. The number of nitrogens with two attached hydrogens (primary N) is 2. The SMILES string of the molecule is CC(C)CC(N)C(=O)NCC(=O)N1CCCC1C(=O)NC(CCC(N)=O)C(=O)O. The highest BCUT2D eigenvalue weighted by molar-refractivity contribution is 5.93. The van der Waals surface area contributed by atoms with E-state index in [4.69, 9.17) is 11.5 Å². The van der Waals surface area contributed by atoms with E-state index in [-0.39, 0.29) is 25.3 Å². The lowest BCUT2D eigenvalue weighted by molar-refractivity contribution is -0.144. The summed E-state index contributed by atoms with van der Waals surface area (Å²) in [5.41, 5.74) is 10.8. The highest BCUT2D eigenvalue weighted by Gasteiger charge is 2.36. The van der Waals surface area contributed by atoms with Crippen LogP contribution in [-0.4, -0.2) is 70.8 Å². The summed E-state index contributed by atoms with van der Waals surface area (Å²) in [6, 6.07) is -2.83. The van der Waals surface area contributed by atoms with Gasteiger partial charge in [-0.3, -0.25) is 19.2 Å². The number of hydrogen-bond donors (Lipinski definition) is 5. The van der Waals surface area contributed by atoms with Crippen LogP contribution in [0.2, 0.25) is 0 Å².